The van der Waals surface area contributed by atoms with Gasteiger partial charge in [-0.1, -0.05) is 5.16 Å². The van der Waals surface area contributed by atoms with Crippen molar-refractivity contribution in [3.63, 3.8) is 0 Å². The highest BCUT2D eigenvalue weighted by atomic mass is 32.2. The van der Waals surface area contributed by atoms with Crippen LogP contribution in [0.5, 0.6) is 0 Å². The molecule has 2 saturated heterocycles. The SMILES string of the molecule is Cc1noc(C)c1CCC(=O)N1CCCSCC1CN1CCCC1. The molecule has 2 aliphatic rings. The molecule has 3 heterocycles. The molecule has 3 rings (SSSR count). The molecule has 1 atom stereocenters. The minimum Gasteiger partial charge on any atom is -0.361 e. The number of hydrogen-bond acceptors (Lipinski definition) is 5. The first kappa shape index (κ1) is 17.8. The van der Waals surface area contributed by atoms with Crippen molar-refractivity contribution in [2.24, 2.45) is 0 Å². The van der Waals surface area contributed by atoms with Crippen molar-refractivity contribution in [2.45, 2.75) is 52.0 Å². The quantitative estimate of drug-likeness (QED) is 0.816. The summed E-state index contributed by atoms with van der Waals surface area (Å²) in [6.07, 6.45) is 5.02. The monoisotopic (exact) mass is 351 g/mol. The Balaban J connectivity index is 1.60. The molecule has 0 saturated carbocycles. The predicted molar refractivity (Wildman–Crippen MR) is 97.4 cm³/mol. The third-order valence-electron chi connectivity index (χ3n) is 5.20. The normalized spacial score (nSPS) is 22.8. The number of amides is 1. The Kier molecular flexibility index (Phi) is 6.22. The Morgan fingerprint density at radius 1 is 1.25 bits per heavy atom. The van der Waals surface area contributed by atoms with Gasteiger partial charge in [0.25, 0.3) is 0 Å². The molecule has 2 aliphatic heterocycles. The van der Waals surface area contributed by atoms with E-state index in [1.807, 2.05) is 25.6 Å². The van der Waals surface area contributed by atoms with E-state index < -0.39 is 0 Å². The van der Waals surface area contributed by atoms with E-state index in [4.69, 9.17) is 4.52 Å². The molecule has 1 aromatic heterocycles. The summed E-state index contributed by atoms with van der Waals surface area (Å²) >= 11 is 2.00. The number of carbonyl (C=O) groups is 1. The number of hydrogen-bond donors (Lipinski definition) is 0. The number of aromatic nitrogens is 1. The molecule has 134 valence electrons. The van der Waals surface area contributed by atoms with Crippen LogP contribution in [0.25, 0.3) is 0 Å². The highest BCUT2D eigenvalue weighted by Gasteiger charge is 2.28. The van der Waals surface area contributed by atoms with Gasteiger partial charge in [0, 0.05) is 30.8 Å². The van der Waals surface area contributed by atoms with Crippen LogP contribution in [0, 0.1) is 13.8 Å². The zero-order valence-electron chi connectivity index (χ0n) is 14.9. The molecule has 0 aliphatic carbocycles. The summed E-state index contributed by atoms with van der Waals surface area (Å²) in [6.45, 7) is 8.23. The lowest BCUT2D eigenvalue weighted by molar-refractivity contribution is -0.133. The van der Waals surface area contributed by atoms with Crippen LogP contribution in [-0.4, -0.2) is 64.6 Å². The first-order valence-electron chi connectivity index (χ1n) is 9.16. The second kappa shape index (κ2) is 8.39. The molecule has 24 heavy (non-hydrogen) atoms. The Morgan fingerprint density at radius 3 is 2.75 bits per heavy atom. The van der Waals surface area contributed by atoms with Gasteiger partial charge in [0.2, 0.25) is 5.91 Å². The number of aryl methyl sites for hydroxylation is 2. The summed E-state index contributed by atoms with van der Waals surface area (Å²) in [7, 11) is 0. The second-order valence-electron chi connectivity index (χ2n) is 6.98. The predicted octanol–water partition coefficient (Wildman–Crippen LogP) is 2.65. The summed E-state index contributed by atoms with van der Waals surface area (Å²) in [5.74, 6) is 3.39. The third kappa shape index (κ3) is 4.33. The van der Waals surface area contributed by atoms with E-state index in [1.54, 1.807) is 0 Å². The minimum atomic E-state index is 0.293. The molecule has 1 unspecified atom stereocenters. The molecule has 0 bridgehead atoms. The lowest BCUT2D eigenvalue weighted by Gasteiger charge is -2.32. The first-order chi connectivity index (χ1) is 11.6. The molecule has 1 amide bonds. The van der Waals surface area contributed by atoms with Gasteiger partial charge in [0.1, 0.15) is 5.76 Å². The van der Waals surface area contributed by atoms with Crippen LogP contribution in [0.15, 0.2) is 4.52 Å². The molecule has 0 aromatic carbocycles. The van der Waals surface area contributed by atoms with Gasteiger partial charge in [0.05, 0.1) is 11.7 Å². The fraction of sp³-hybridized carbons (Fsp3) is 0.778. The maximum absolute atomic E-state index is 12.9. The second-order valence-corrected chi connectivity index (χ2v) is 8.13. The van der Waals surface area contributed by atoms with Gasteiger partial charge in [-0.25, -0.2) is 0 Å². The van der Waals surface area contributed by atoms with E-state index in [1.165, 1.54) is 31.7 Å². The van der Waals surface area contributed by atoms with Crippen LogP contribution in [0.2, 0.25) is 0 Å². The van der Waals surface area contributed by atoms with Crippen molar-refractivity contribution in [1.82, 2.24) is 15.0 Å². The maximum atomic E-state index is 12.9. The Labute approximate surface area is 149 Å². The summed E-state index contributed by atoms with van der Waals surface area (Å²) in [5.41, 5.74) is 2.02. The van der Waals surface area contributed by atoms with Crippen LogP contribution >= 0.6 is 11.8 Å². The van der Waals surface area contributed by atoms with Crippen LogP contribution < -0.4 is 0 Å². The van der Waals surface area contributed by atoms with Crippen molar-refractivity contribution in [3.05, 3.63) is 17.0 Å². The van der Waals surface area contributed by atoms with E-state index in [2.05, 4.69) is 15.0 Å². The van der Waals surface area contributed by atoms with Crippen LogP contribution in [0.3, 0.4) is 0 Å². The fourth-order valence-electron chi connectivity index (χ4n) is 3.81. The van der Waals surface area contributed by atoms with Crippen LogP contribution in [0.1, 0.15) is 42.7 Å². The number of rotatable bonds is 5. The van der Waals surface area contributed by atoms with E-state index in [-0.39, 0.29) is 0 Å². The Hall–Kier alpha value is -1.01. The van der Waals surface area contributed by atoms with Crippen molar-refractivity contribution in [2.75, 3.05) is 37.7 Å². The van der Waals surface area contributed by atoms with Gasteiger partial charge in [-0.3, -0.25) is 4.79 Å². The van der Waals surface area contributed by atoms with Crippen molar-refractivity contribution in [1.29, 1.82) is 0 Å². The van der Waals surface area contributed by atoms with E-state index in [0.29, 0.717) is 18.4 Å². The largest absolute Gasteiger partial charge is 0.361 e. The first-order valence-corrected chi connectivity index (χ1v) is 10.3. The van der Waals surface area contributed by atoms with Gasteiger partial charge in [-0.05, 0) is 58.4 Å². The zero-order chi connectivity index (χ0) is 16.9. The number of nitrogens with zero attached hydrogens (tertiary/aromatic N) is 3. The van der Waals surface area contributed by atoms with Gasteiger partial charge in [-0.15, -0.1) is 0 Å². The molecule has 0 radical (unpaired) electrons. The molecule has 2 fully saturated rings. The zero-order valence-corrected chi connectivity index (χ0v) is 15.7. The molecular formula is C18H29N3O2S. The van der Waals surface area contributed by atoms with E-state index >= 15 is 0 Å². The molecule has 0 spiro atoms. The Bertz CT molecular complexity index is 535. The van der Waals surface area contributed by atoms with Crippen LogP contribution in [-0.2, 0) is 11.2 Å². The lowest BCUT2D eigenvalue weighted by atomic mass is 10.1. The molecule has 0 N–H and O–H groups in total. The van der Waals surface area contributed by atoms with E-state index in [9.17, 15) is 4.79 Å². The summed E-state index contributed by atoms with van der Waals surface area (Å²) < 4.78 is 5.22. The fourth-order valence-corrected chi connectivity index (χ4v) is 4.86. The smallest absolute Gasteiger partial charge is 0.223 e. The van der Waals surface area contributed by atoms with Crippen molar-refractivity contribution in [3.8, 4) is 0 Å². The summed E-state index contributed by atoms with van der Waals surface area (Å²) in [4.78, 5) is 17.6. The third-order valence-corrected chi connectivity index (χ3v) is 6.39. The topological polar surface area (TPSA) is 49.6 Å². The average Bonchev–Trinajstić information content (AvgIpc) is 3.11. The van der Waals surface area contributed by atoms with Gasteiger partial charge >= 0.3 is 0 Å². The number of likely N-dealkylation sites (tertiary alicyclic amines) is 1. The summed E-state index contributed by atoms with van der Waals surface area (Å²) in [6, 6.07) is 0.368. The molecule has 6 heteroatoms. The van der Waals surface area contributed by atoms with Crippen LogP contribution in [0.4, 0.5) is 0 Å². The molecular weight excluding hydrogens is 322 g/mol. The molecule has 5 nitrogen and oxygen atoms in total. The summed E-state index contributed by atoms with van der Waals surface area (Å²) in [5, 5.41) is 4.00. The highest BCUT2D eigenvalue weighted by molar-refractivity contribution is 7.99. The maximum Gasteiger partial charge on any atom is 0.223 e. The standard InChI is InChI=1S/C18H29N3O2S/c1-14-17(15(2)23-19-14)6-7-18(22)21-10-5-11-24-13-16(21)12-20-8-3-4-9-20/h16H,3-13H2,1-2H3. The average molecular weight is 352 g/mol. The number of carbonyl (C=O) groups excluding carboxylic acids is 1. The number of thioether (sulfide) groups is 1. The van der Waals surface area contributed by atoms with Crippen molar-refractivity contribution >= 4 is 17.7 Å². The van der Waals surface area contributed by atoms with Gasteiger partial charge in [-0.2, -0.15) is 11.8 Å². The minimum absolute atomic E-state index is 0.293. The lowest BCUT2D eigenvalue weighted by Crippen LogP contribution is -2.47. The van der Waals surface area contributed by atoms with Crippen molar-refractivity contribution < 1.29 is 9.32 Å². The van der Waals surface area contributed by atoms with E-state index in [0.717, 1.165) is 48.7 Å². The van der Waals surface area contributed by atoms with Gasteiger partial charge in [0.15, 0.2) is 0 Å². The highest BCUT2D eigenvalue weighted by Crippen LogP contribution is 2.21. The molecule has 1 aromatic rings. The van der Waals surface area contributed by atoms with Gasteiger partial charge < -0.3 is 14.3 Å². The Morgan fingerprint density at radius 2 is 2.04 bits per heavy atom.